The Bertz CT molecular complexity index is 641. The van der Waals surface area contributed by atoms with E-state index in [4.69, 9.17) is 16.7 Å². The maximum Gasteiger partial charge on any atom is 0.263 e. The lowest BCUT2D eigenvalue weighted by Gasteiger charge is -2.07. The van der Waals surface area contributed by atoms with Gasteiger partial charge in [-0.15, -0.1) is 11.3 Å². The molecule has 18 heavy (non-hydrogen) atoms. The molecule has 1 aromatic heterocycles. The van der Waals surface area contributed by atoms with Crippen LogP contribution in [0.15, 0.2) is 34.7 Å². The van der Waals surface area contributed by atoms with E-state index >= 15 is 0 Å². The fourth-order valence-electron chi connectivity index (χ4n) is 1.29. The van der Waals surface area contributed by atoms with Crippen molar-refractivity contribution in [3.8, 4) is 0 Å². The highest BCUT2D eigenvalue weighted by Crippen LogP contribution is 2.23. The van der Waals surface area contributed by atoms with Gasteiger partial charge in [-0.3, -0.25) is 4.72 Å². The second-order valence-corrected chi connectivity index (χ2v) is 6.34. The zero-order chi connectivity index (χ0) is 13.2. The highest BCUT2D eigenvalue weighted by atomic mass is 35.5. The van der Waals surface area contributed by atoms with E-state index in [2.05, 4.69) is 9.71 Å². The summed E-state index contributed by atoms with van der Waals surface area (Å²) in [7, 11) is -3.70. The molecule has 0 radical (unpaired) electrons. The van der Waals surface area contributed by atoms with Gasteiger partial charge in [0.05, 0.1) is 11.5 Å². The molecule has 96 valence electrons. The van der Waals surface area contributed by atoms with Crippen molar-refractivity contribution in [3.63, 3.8) is 0 Å². The number of halogens is 1. The molecular formula is C10H9ClN2O3S2. The average molecular weight is 305 g/mol. The van der Waals surface area contributed by atoms with Crippen LogP contribution in [0.1, 0.15) is 5.56 Å². The van der Waals surface area contributed by atoms with Gasteiger partial charge in [0.15, 0.2) is 5.13 Å². The fraction of sp³-hybridized carbons (Fsp3) is 0.100. The summed E-state index contributed by atoms with van der Waals surface area (Å²) >= 11 is 6.98. The third-order valence-corrected chi connectivity index (χ3v) is 4.67. The van der Waals surface area contributed by atoms with Crippen LogP contribution in [-0.4, -0.2) is 18.5 Å². The van der Waals surface area contributed by atoms with E-state index in [1.54, 1.807) is 5.38 Å². The van der Waals surface area contributed by atoms with Crippen molar-refractivity contribution in [2.45, 2.75) is 11.5 Å². The zero-order valence-electron chi connectivity index (χ0n) is 9.00. The lowest BCUT2D eigenvalue weighted by molar-refractivity contribution is 0.281. The van der Waals surface area contributed by atoms with Gasteiger partial charge in [-0.05, 0) is 23.8 Å². The molecule has 0 saturated carbocycles. The molecule has 0 spiro atoms. The lowest BCUT2D eigenvalue weighted by atomic mass is 10.2. The van der Waals surface area contributed by atoms with Gasteiger partial charge >= 0.3 is 0 Å². The summed E-state index contributed by atoms with van der Waals surface area (Å²) in [6.07, 6.45) is 1.50. The van der Waals surface area contributed by atoms with Crippen LogP contribution >= 0.6 is 22.9 Å². The number of nitrogens with one attached hydrogen (secondary N) is 1. The SMILES string of the molecule is O=S(=O)(Nc1nccs1)c1ccc(Cl)c(CO)c1. The Hall–Kier alpha value is -1.15. The van der Waals surface area contributed by atoms with Gasteiger partial charge in [-0.1, -0.05) is 11.6 Å². The molecule has 0 fully saturated rings. The first-order valence-electron chi connectivity index (χ1n) is 4.84. The van der Waals surface area contributed by atoms with E-state index in [1.165, 1.54) is 35.7 Å². The Balaban J connectivity index is 2.35. The highest BCUT2D eigenvalue weighted by molar-refractivity contribution is 7.93. The number of benzene rings is 1. The summed E-state index contributed by atoms with van der Waals surface area (Å²) in [6.45, 7) is -0.320. The summed E-state index contributed by atoms with van der Waals surface area (Å²) in [4.78, 5) is 3.87. The topological polar surface area (TPSA) is 79.3 Å². The number of hydrogen-bond acceptors (Lipinski definition) is 5. The van der Waals surface area contributed by atoms with Crippen LogP contribution in [0.3, 0.4) is 0 Å². The van der Waals surface area contributed by atoms with E-state index in [0.29, 0.717) is 10.6 Å². The van der Waals surface area contributed by atoms with Crippen molar-refractivity contribution in [2.75, 3.05) is 4.72 Å². The Morgan fingerprint density at radius 2 is 2.22 bits per heavy atom. The Morgan fingerprint density at radius 1 is 1.44 bits per heavy atom. The highest BCUT2D eigenvalue weighted by Gasteiger charge is 2.16. The van der Waals surface area contributed by atoms with Gasteiger partial charge in [0, 0.05) is 16.6 Å². The molecule has 8 heteroatoms. The summed E-state index contributed by atoms with van der Waals surface area (Å²) in [5, 5.41) is 11.3. The van der Waals surface area contributed by atoms with Crippen LogP contribution in [-0.2, 0) is 16.6 Å². The molecule has 0 amide bonds. The van der Waals surface area contributed by atoms with Crippen molar-refractivity contribution in [2.24, 2.45) is 0 Å². The minimum atomic E-state index is -3.70. The number of anilines is 1. The number of hydrogen-bond donors (Lipinski definition) is 2. The predicted molar refractivity (Wildman–Crippen MR) is 70.3 cm³/mol. The Kier molecular flexibility index (Phi) is 3.86. The quantitative estimate of drug-likeness (QED) is 0.906. The van der Waals surface area contributed by atoms with Crippen LogP contribution in [0.25, 0.3) is 0 Å². The van der Waals surface area contributed by atoms with Crippen molar-refractivity contribution >= 4 is 38.1 Å². The zero-order valence-corrected chi connectivity index (χ0v) is 11.4. The van der Waals surface area contributed by atoms with E-state index in [1.807, 2.05) is 0 Å². The molecule has 0 bridgehead atoms. The molecule has 0 aliphatic rings. The Labute approximate surface area is 113 Å². The number of aromatic nitrogens is 1. The van der Waals surface area contributed by atoms with Crippen molar-refractivity contribution < 1.29 is 13.5 Å². The van der Waals surface area contributed by atoms with Crippen molar-refractivity contribution in [1.82, 2.24) is 4.98 Å². The van der Waals surface area contributed by atoms with Crippen LogP contribution < -0.4 is 4.72 Å². The number of aliphatic hydroxyl groups excluding tert-OH is 1. The molecular weight excluding hydrogens is 296 g/mol. The standard InChI is InChI=1S/C10H9ClN2O3S2/c11-9-2-1-8(5-7(9)6-14)18(15,16)13-10-12-3-4-17-10/h1-5,14H,6H2,(H,12,13). The minimum absolute atomic E-state index is 0.0335. The molecule has 0 aliphatic carbocycles. The average Bonchev–Trinajstić information content (AvgIpc) is 2.81. The first-order valence-corrected chi connectivity index (χ1v) is 7.58. The number of aliphatic hydroxyl groups is 1. The van der Waals surface area contributed by atoms with Crippen LogP contribution in [0.4, 0.5) is 5.13 Å². The maximum absolute atomic E-state index is 12.0. The number of nitrogens with zero attached hydrogens (tertiary/aromatic N) is 1. The van der Waals surface area contributed by atoms with Crippen molar-refractivity contribution in [1.29, 1.82) is 0 Å². The molecule has 0 saturated heterocycles. The molecule has 2 rings (SSSR count). The lowest BCUT2D eigenvalue weighted by Crippen LogP contribution is -2.13. The normalized spacial score (nSPS) is 11.4. The largest absolute Gasteiger partial charge is 0.392 e. The summed E-state index contributed by atoms with van der Waals surface area (Å²) in [6, 6.07) is 4.14. The molecule has 2 aromatic rings. The molecule has 0 atom stereocenters. The molecule has 1 heterocycles. The van der Waals surface area contributed by atoms with Gasteiger partial charge < -0.3 is 5.11 Å². The second-order valence-electron chi connectivity index (χ2n) is 3.35. The summed E-state index contributed by atoms with van der Waals surface area (Å²) in [5.74, 6) is 0. The second kappa shape index (κ2) is 5.23. The third-order valence-electron chi connectivity index (χ3n) is 2.15. The van der Waals surface area contributed by atoms with Crippen LogP contribution in [0.5, 0.6) is 0 Å². The van der Waals surface area contributed by atoms with E-state index in [9.17, 15) is 8.42 Å². The first kappa shape index (κ1) is 13.3. The molecule has 5 nitrogen and oxygen atoms in total. The number of thiazole rings is 1. The van der Waals surface area contributed by atoms with E-state index in [0.717, 1.165) is 0 Å². The van der Waals surface area contributed by atoms with Gasteiger partial charge in [-0.25, -0.2) is 13.4 Å². The third kappa shape index (κ3) is 2.81. The van der Waals surface area contributed by atoms with Gasteiger partial charge in [0.25, 0.3) is 10.0 Å². The monoisotopic (exact) mass is 304 g/mol. The predicted octanol–water partition coefficient (Wildman–Crippen LogP) is 2.09. The molecule has 0 aliphatic heterocycles. The van der Waals surface area contributed by atoms with E-state index in [-0.39, 0.29) is 16.6 Å². The van der Waals surface area contributed by atoms with Gasteiger partial charge in [0.2, 0.25) is 0 Å². The summed E-state index contributed by atoms with van der Waals surface area (Å²) in [5.41, 5.74) is 0.360. The molecule has 0 unspecified atom stereocenters. The smallest absolute Gasteiger partial charge is 0.263 e. The molecule has 2 N–H and O–H groups in total. The van der Waals surface area contributed by atoms with Crippen molar-refractivity contribution in [3.05, 3.63) is 40.4 Å². The first-order chi connectivity index (χ1) is 8.53. The van der Waals surface area contributed by atoms with Crippen LogP contribution in [0.2, 0.25) is 5.02 Å². The maximum atomic E-state index is 12.0. The fourth-order valence-corrected chi connectivity index (χ4v) is 3.30. The molecule has 1 aromatic carbocycles. The summed E-state index contributed by atoms with van der Waals surface area (Å²) < 4.78 is 26.4. The minimum Gasteiger partial charge on any atom is -0.392 e. The Morgan fingerprint density at radius 3 is 2.83 bits per heavy atom. The van der Waals surface area contributed by atoms with E-state index < -0.39 is 10.0 Å². The van der Waals surface area contributed by atoms with Gasteiger partial charge in [0.1, 0.15) is 0 Å². The number of rotatable bonds is 4. The number of sulfonamides is 1. The van der Waals surface area contributed by atoms with Crippen LogP contribution in [0, 0.1) is 0 Å². The van der Waals surface area contributed by atoms with Gasteiger partial charge in [-0.2, -0.15) is 0 Å².